The summed E-state index contributed by atoms with van der Waals surface area (Å²) in [4.78, 5) is 2.33. The molecule has 0 radical (unpaired) electrons. The van der Waals surface area contributed by atoms with Crippen LogP contribution in [-0.2, 0) is 0 Å². The molecule has 0 saturated carbocycles. The highest BCUT2D eigenvalue weighted by Crippen LogP contribution is 2.23. The molecule has 2 nitrogen and oxygen atoms in total. The maximum Gasteiger partial charge on any atom is 0.0802 e. The summed E-state index contributed by atoms with van der Waals surface area (Å²) in [5.74, 6) is 0. The van der Waals surface area contributed by atoms with Gasteiger partial charge in [-0.25, -0.2) is 0 Å². The van der Waals surface area contributed by atoms with Crippen LogP contribution in [0.15, 0.2) is 54.6 Å². The van der Waals surface area contributed by atoms with E-state index in [-0.39, 0.29) is 6.10 Å². The van der Waals surface area contributed by atoms with E-state index in [2.05, 4.69) is 43.0 Å². The monoisotopic (exact) mass is 283 g/mol. The largest absolute Gasteiger partial charge is 0.388 e. The molecule has 0 aliphatic carbocycles. The molecular formula is C19H25NO. The quantitative estimate of drug-likeness (QED) is 0.826. The first-order valence-electron chi connectivity index (χ1n) is 7.80. The lowest BCUT2D eigenvalue weighted by molar-refractivity contribution is 0.145. The standard InChI is InChI=1S/C19H25NO/c1-3-20(4-2)15-14-19(21)18-12-10-17(11-13-18)16-8-6-5-7-9-16/h5-13,19,21H,3-4,14-15H2,1-2H3. The number of hydrogen-bond acceptors (Lipinski definition) is 2. The van der Waals surface area contributed by atoms with Crippen molar-refractivity contribution in [1.82, 2.24) is 4.90 Å². The maximum atomic E-state index is 10.3. The molecule has 1 unspecified atom stereocenters. The molecule has 0 fully saturated rings. The second-order valence-electron chi connectivity index (χ2n) is 5.32. The maximum absolute atomic E-state index is 10.3. The lowest BCUT2D eigenvalue weighted by Crippen LogP contribution is -2.25. The van der Waals surface area contributed by atoms with Crippen molar-refractivity contribution in [3.05, 3.63) is 60.2 Å². The Bertz CT molecular complexity index is 517. The average Bonchev–Trinajstić information content (AvgIpc) is 2.56. The van der Waals surface area contributed by atoms with Gasteiger partial charge in [0.2, 0.25) is 0 Å². The topological polar surface area (TPSA) is 23.5 Å². The molecule has 1 N–H and O–H groups in total. The van der Waals surface area contributed by atoms with Gasteiger partial charge >= 0.3 is 0 Å². The van der Waals surface area contributed by atoms with Crippen molar-refractivity contribution in [2.24, 2.45) is 0 Å². The summed E-state index contributed by atoms with van der Waals surface area (Å²) in [6, 6.07) is 18.6. The second-order valence-corrected chi connectivity index (χ2v) is 5.32. The molecule has 2 heteroatoms. The molecule has 2 aromatic rings. The van der Waals surface area contributed by atoms with Crippen molar-refractivity contribution < 1.29 is 5.11 Å². The number of benzene rings is 2. The third-order valence-corrected chi connectivity index (χ3v) is 4.02. The lowest BCUT2D eigenvalue weighted by atomic mass is 10.0. The smallest absolute Gasteiger partial charge is 0.0802 e. The average molecular weight is 283 g/mol. The van der Waals surface area contributed by atoms with Gasteiger partial charge in [0.15, 0.2) is 0 Å². The second kappa shape index (κ2) is 7.96. The number of aliphatic hydroxyl groups is 1. The van der Waals surface area contributed by atoms with E-state index in [1.807, 2.05) is 30.3 Å². The normalized spacial score (nSPS) is 12.6. The Morgan fingerprint density at radius 2 is 1.43 bits per heavy atom. The highest BCUT2D eigenvalue weighted by molar-refractivity contribution is 5.63. The molecule has 0 heterocycles. The van der Waals surface area contributed by atoms with Crippen molar-refractivity contribution in [1.29, 1.82) is 0 Å². The first kappa shape index (κ1) is 15.7. The highest BCUT2D eigenvalue weighted by atomic mass is 16.3. The first-order valence-corrected chi connectivity index (χ1v) is 7.80. The van der Waals surface area contributed by atoms with Gasteiger partial charge in [0.25, 0.3) is 0 Å². The van der Waals surface area contributed by atoms with Gasteiger partial charge < -0.3 is 10.0 Å². The van der Waals surface area contributed by atoms with Crippen LogP contribution in [0.25, 0.3) is 11.1 Å². The highest BCUT2D eigenvalue weighted by Gasteiger charge is 2.09. The molecule has 0 amide bonds. The van der Waals surface area contributed by atoms with E-state index in [1.165, 1.54) is 11.1 Å². The van der Waals surface area contributed by atoms with Crippen LogP contribution in [-0.4, -0.2) is 29.6 Å². The summed E-state index contributed by atoms with van der Waals surface area (Å²) in [5.41, 5.74) is 3.40. The molecular weight excluding hydrogens is 258 g/mol. The van der Waals surface area contributed by atoms with Crippen molar-refractivity contribution in [3.8, 4) is 11.1 Å². The van der Waals surface area contributed by atoms with Crippen LogP contribution < -0.4 is 0 Å². The summed E-state index contributed by atoms with van der Waals surface area (Å²) in [6.45, 7) is 7.33. The fourth-order valence-corrected chi connectivity index (χ4v) is 2.54. The Hall–Kier alpha value is -1.64. The molecule has 21 heavy (non-hydrogen) atoms. The van der Waals surface area contributed by atoms with Gasteiger partial charge in [0.05, 0.1) is 6.10 Å². The zero-order valence-electron chi connectivity index (χ0n) is 13.0. The minimum Gasteiger partial charge on any atom is -0.388 e. The Labute approximate surface area is 128 Å². The minimum atomic E-state index is -0.379. The van der Waals surface area contributed by atoms with Crippen LogP contribution in [0.2, 0.25) is 0 Å². The molecule has 112 valence electrons. The number of rotatable bonds is 7. The van der Waals surface area contributed by atoms with E-state index in [1.54, 1.807) is 0 Å². The number of nitrogens with zero attached hydrogens (tertiary/aromatic N) is 1. The van der Waals surface area contributed by atoms with E-state index in [9.17, 15) is 5.11 Å². The molecule has 0 spiro atoms. The van der Waals surface area contributed by atoms with Crippen LogP contribution >= 0.6 is 0 Å². The third-order valence-electron chi connectivity index (χ3n) is 4.02. The van der Waals surface area contributed by atoms with Crippen LogP contribution in [0.4, 0.5) is 0 Å². The van der Waals surface area contributed by atoms with Crippen LogP contribution in [0.1, 0.15) is 31.9 Å². The van der Waals surface area contributed by atoms with Crippen LogP contribution in [0.3, 0.4) is 0 Å². The van der Waals surface area contributed by atoms with Crippen molar-refractivity contribution in [3.63, 3.8) is 0 Å². The van der Waals surface area contributed by atoms with Gasteiger partial charge in [0, 0.05) is 6.54 Å². The summed E-state index contributed by atoms with van der Waals surface area (Å²) >= 11 is 0. The van der Waals surface area contributed by atoms with Crippen molar-refractivity contribution in [2.45, 2.75) is 26.4 Å². The summed E-state index contributed by atoms with van der Waals surface area (Å²) in [5, 5.41) is 10.3. The van der Waals surface area contributed by atoms with Crippen LogP contribution in [0.5, 0.6) is 0 Å². The van der Waals surface area contributed by atoms with Crippen LogP contribution in [0, 0.1) is 0 Å². The molecule has 0 aromatic heterocycles. The lowest BCUT2D eigenvalue weighted by Gasteiger charge is -2.20. The molecule has 0 aliphatic rings. The first-order chi connectivity index (χ1) is 10.2. The van der Waals surface area contributed by atoms with Gasteiger partial charge in [-0.15, -0.1) is 0 Å². The SMILES string of the molecule is CCN(CC)CCC(O)c1ccc(-c2ccccc2)cc1. The van der Waals surface area contributed by atoms with E-state index in [0.29, 0.717) is 0 Å². The fraction of sp³-hybridized carbons (Fsp3) is 0.368. The molecule has 2 aromatic carbocycles. The summed E-state index contributed by atoms with van der Waals surface area (Å²) < 4.78 is 0. The number of hydrogen-bond donors (Lipinski definition) is 1. The zero-order chi connectivity index (χ0) is 15.1. The molecule has 0 bridgehead atoms. The van der Waals surface area contributed by atoms with Crippen molar-refractivity contribution in [2.75, 3.05) is 19.6 Å². The van der Waals surface area contributed by atoms with Gasteiger partial charge in [-0.1, -0.05) is 68.4 Å². The van der Waals surface area contributed by atoms with E-state index < -0.39 is 0 Å². The van der Waals surface area contributed by atoms with E-state index in [4.69, 9.17) is 0 Å². The minimum absolute atomic E-state index is 0.379. The Balaban J connectivity index is 1.98. The predicted octanol–water partition coefficient (Wildman–Crippen LogP) is 4.12. The fourth-order valence-electron chi connectivity index (χ4n) is 2.54. The molecule has 0 saturated heterocycles. The van der Waals surface area contributed by atoms with E-state index in [0.717, 1.165) is 31.6 Å². The van der Waals surface area contributed by atoms with Crippen molar-refractivity contribution >= 4 is 0 Å². The molecule has 1 atom stereocenters. The van der Waals surface area contributed by atoms with Gasteiger partial charge in [0.1, 0.15) is 0 Å². The Morgan fingerprint density at radius 1 is 0.857 bits per heavy atom. The van der Waals surface area contributed by atoms with Gasteiger partial charge in [-0.05, 0) is 36.2 Å². The number of aliphatic hydroxyl groups excluding tert-OH is 1. The van der Waals surface area contributed by atoms with Gasteiger partial charge in [-0.3, -0.25) is 0 Å². The summed E-state index contributed by atoms with van der Waals surface area (Å²) in [6.07, 6.45) is 0.405. The van der Waals surface area contributed by atoms with E-state index >= 15 is 0 Å². The predicted molar refractivity (Wildman–Crippen MR) is 89.2 cm³/mol. The Kier molecular flexibility index (Phi) is 5.97. The zero-order valence-corrected chi connectivity index (χ0v) is 13.0. The molecule has 2 rings (SSSR count). The summed E-state index contributed by atoms with van der Waals surface area (Å²) in [7, 11) is 0. The third kappa shape index (κ3) is 4.42. The van der Waals surface area contributed by atoms with Gasteiger partial charge in [-0.2, -0.15) is 0 Å². The molecule has 0 aliphatic heterocycles. The Morgan fingerprint density at radius 3 is 2.00 bits per heavy atom.